The van der Waals surface area contributed by atoms with Crippen molar-refractivity contribution in [3.8, 4) is 6.07 Å². The van der Waals surface area contributed by atoms with E-state index in [0.717, 1.165) is 11.1 Å². The van der Waals surface area contributed by atoms with Crippen molar-refractivity contribution in [2.75, 3.05) is 6.26 Å². The van der Waals surface area contributed by atoms with Gasteiger partial charge < -0.3 is 10.1 Å². The lowest BCUT2D eigenvalue weighted by molar-refractivity contribution is -0.0455. The largest absolute Gasteiger partial charge is 0.431 e. The number of nitrogens with zero attached hydrogens (tertiary/aromatic N) is 1. The maximum Gasteiger partial charge on any atom is 0.340 e. The number of ether oxygens (including phenoxy) is 1. The SMILES string of the molecule is CSC1=C(C#N)C(c2ccccc2Cl)CC(OC(=O)c2ccccc2)(c2ccccc2)N1. The molecular weight excluding hydrogens is 440 g/mol. The molecule has 0 radical (unpaired) electrons. The fourth-order valence-electron chi connectivity index (χ4n) is 3.98. The molecule has 0 spiro atoms. The van der Waals surface area contributed by atoms with Crippen LogP contribution in [-0.2, 0) is 10.5 Å². The van der Waals surface area contributed by atoms with Crippen molar-refractivity contribution in [3.05, 3.63) is 117 Å². The van der Waals surface area contributed by atoms with E-state index in [9.17, 15) is 10.1 Å². The lowest BCUT2D eigenvalue weighted by Gasteiger charge is -2.42. The highest BCUT2D eigenvalue weighted by molar-refractivity contribution is 8.02. The summed E-state index contributed by atoms with van der Waals surface area (Å²) < 4.78 is 6.22. The number of benzene rings is 3. The van der Waals surface area contributed by atoms with E-state index in [1.54, 1.807) is 24.3 Å². The zero-order chi connectivity index (χ0) is 22.6. The summed E-state index contributed by atoms with van der Waals surface area (Å²) in [5.74, 6) is -0.790. The first kappa shape index (κ1) is 22.0. The van der Waals surface area contributed by atoms with Crippen molar-refractivity contribution in [1.29, 1.82) is 5.26 Å². The molecule has 4 rings (SSSR count). The number of thioether (sulfide) groups is 1. The molecule has 0 bridgehead atoms. The normalized spacial score (nSPS) is 20.2. The second-order valence-corrected chi connectivity index (χ2v) is 8.63. The van der Waals surface area contributed by atoms with Crippen LogP contribution in [0.1, 0.15) is 33.8 Å². The maximum absolute atomic E-state index is 13.2. The number of nitriles is 1. The van der Waals surface area contributed by atoms with Crippen molar-refractivity contribution in [1.82, 2.24) is 5.32 Å². The number of carbonyl (C=O) groups excluding carboxylic acids is 1. The number of hydrogen-bond donors (Lipinski definition) is 1. The molecule has 1 aliphatic rings. The van der Waals surface area contributed by atoms with Crippen LogP contribution in [0.5, 0.6) is 0 Å². The van der Waals surface area contributed by atoms with Crippen LogP contribution in [0.4, 0.5) is 0 Å². The van der Waals surface area contributed by atoms with Crippen molar-refractivity contribution in [2.24, 2.45) is 0 Å². The van der Waals surface area contributed by atoms with Crippen LogP contribution in [0.25, 0.3) is 0 Å². The maximum atomic E-state index is 13.2. The van der Waals surface area contributed by atoms with Gasteiger partial charge in [0.05, 0.1) is 22.2 Å². The molecule has 0 saturated carbocycles. The van der Waals surface area contributed by atoms with Crippen LogP contribution in [0.2, 0.25) is 5.02 Å². The molecule has 32 heavy (non-hydrogen) atoms. The minimum atomic E-state index is -1.17. The molecule has 1 aliphatic heterocycles. The van der Waals surface area contributed by atoms with Crippen LogP contribution in [0, 0.1) is 11.3 Å². The predicted molar refractivity (Wildman–Crippen MR) is 128 cm³/mol. The number of rotatable bonds is 5. The van der Waals surface area contributed by atoms with Crippen LogP contribution >= 0.6 is 23.4 Å². The van der Waals surface area contributed by atoms with Gasteiger partial charge in [0.25, 0.3) is 0 Å². The molecule has 0 aliphatic carbocycles. The minimum Gasteiger partial charge on any atom is -0.431 e. The molecular formula is C26H21ClN2O2S. The van der Waals surface area contributed by atoms with E-state index >= 15 is 0 Å². The van der Waals surface area contributed by atoms with Crippen molar-refractivity contribution >= 4 is 29.3 Å². The molecule has 6 heteroatoms. The lowest BCUT2D eigenvalue weighted by Crippen LogP contribution is -2.49. The van der Waals surface area contributed by atoms with E-state index in [2.05, 4.69) is 11.4 Å². The Labute approximate surface area is 196 Å². The molecule has 4 nitrogen and oxygen atoms in total. The van der Waals surface area contributed by atoms with Gasteiger partial charge in [0, 0.05) is 22.9 Å². The summed E-state index contributed by atoms with van der Waals surface area (Å²) >= 11 is 7.96. The lowest BCUT2D eigenvalue weighted by atomic mass is 9.80. The average molecular weight is 461 g/mol. The predicted octanol–water partition coefficient (Wildman–Crippen LogP) is 6.23. The molecule has 1 N–H and O–H groups in total. The van der Waals surface area contributed by atoms with Gasteiger partial charge in [-0.1, -0.05) is 78.3 Å². The molecule has 0 fully saturated rings. The smallest absolute Gasteiger partial charge is 0.340 e. The van der Waals surface area contributed by atoms with Gasteiger partial charge in [-0.3, -0.25) is 0 Å². The Morgan fingerprint density at radius 2 is 1.69 bits per heavy atom. The van der Waals surface area contributed by atoms with Gasteiger partial charge in [0.1, 0.15) is 0 Å². The fraction of sp³-hybridized carbons (Fsp3) is 0.154. The summed E-state index contributed by atoms with van der Waals surface area (Å²) in [6.07, 6.45) is 2.22. The molecule has 2 unspecified atom stereocenters. The Balaban J connectivity index is 1.86. The van der Waals surface area contributed by atoms with Crippen molar-refractivity contribution < 1.29 is 9.53 Å². The highest BCUT2D eigenvalue weighted by Crippen LogP contribution is 2.47. The Morgan fingerprint density at radius 1 is 1.06 bits per heavy atom. The summed E-state index contributed by atoms with van der Waals surface area (Å²) in [5, 5.41) is 14.6. The van der Waals surface area contributed by atoms with Gasteiger partial charge >= 0.3 is 5.97 Å². The number of carbonyl (C=O) groups is 1. The van der Waals surface area contributed by atoms with E-state index in [1.807, 2.05) is 66.9 Å². The van der Waals surface area contributed by atoms with Crippen molar-refractivity contribution in [3.63, 3.8) is 0 Å². The van der Waals surface area contributed by atoms with Crippen LogP contribution in [-0.4, -0.2) is 12.2 Å². The van der Waals surface area contributed by atoms with Gasteiger partial charge in [0.15, 0.2) is 0 Å². The van der Waals surface area contributed by atoms with Crippen LogP contribution < -0.4 is 5.32 Å². The third-order valence-corrected chi connectivity index (χ3v) is 6.60. The average Bonchev–Trinajstić information content (AvgIpc) is 2.85. The molecule has 1 heterocycles. The first-order valence-corrected chi connectivity index (χ1v) is 11.7. The number of allylic oxidation sites excluding steroid dienone is 1. The molecule has 0 saturated heterocycles. The Kier molecular flexibility index (Phi) is 6.55. The third kappa shape index (κ3) is 4.25. The Hall–Kier alpha value is -3.20. The first-order chi connectivity index (χ1) is 15.6. The van der Waals surface area contributed by atoms with Gasteiger partial charge in [-0.15, -0.1) is 11.8 Å². The zero-order valence-corrected chi connectivity index (χ0v) is 19.0. The van der Waals surface area contributed by atoms with E-state index < -0.39 is 11.7 Å². The fourth-order valence-corrected chi connectivity index (χ4v) is 4.92. The van der Waals surface area contributed by atoms with Gasteiger partial charge in [-0.25, -0.2) is 4.79 Å². The van der Waals surface area contributed by atoms with Crippen LogP contribution in [0.15, 0.2) is 95.5 Å². The zero-order valence-electron chi connectivity index (χ0n) is 17.4. The van der Waals surface area contributed by atoms with Crippen molar-refractivity contribution in [2.45, 2.75) is 18.1 Å². The first-order valence-electron chi connectivity index (χ1n) is 10.1. The molecule has 160 valence electrons. The van der Waals surface area contributed by atoms with Gasteiger partial charge in [0.2, 0.25) is 5.72 Å². The minimum absolute atomic E-state index is 0.326. The molecule has 0 aromatic heterocycles. The summed E-state index contributed by atoms with van der Waals surface area (Å²) in [6.45, 7) is 0. The van der Waals surface area contributed by atoms with Gasteiger partial charge in [-0.2, -0.15) is 5.26 Å². The molecule has 2 atom stereocenters. The summed E-state index contributed by atoms with van der Waals surface area (Å²) in [4.78, 5) is 13.2. The highest BCUT2D eigenvalue weighted by Gasteiger charge is 2.46. The summed E-state index contributed by atoms with van der Waals surface area (Å²) in [7, 11) is 0. The molecule has 0 amide bonds. The molecule has 3 aromatic carbocycles. The Morgan fingerprint density at radius 3 is 2.31 bits per heavy atom. The monoisotopic (exact) mass is 460 g/mol. The van der Waals surface area contributed by atoms with E-state index in [-0.39, 0.29) is 5.92 Å². The second kappa shape index (κ2) is 9.52. The summed E-state index contributed by atoms with van der Waals surface area (Å²) in [6, 6.07) is 28.3. The quantitative estimate of drug-likeness (QED) is 0.457. The van der Waals surface area contributed by atoms with E-state index in [0.29, 0.717) is 27.6 Å². The van der Waals surface area contributed by atoms with E-state index in [4.69, 9.17) is 16.3 Å². The third-order valence-electron chi connectivity index (χ3n) is 5.52. The number of hydrogen-bond acceptors (Lipinski definition) is 5. The topological polar surface area (TPSA) is 62.1 Å². The number of nitrogens with one attached hydrogen (secondary N) is 1. The number of esters is 1. The standard InChI is InChI=1S/C26H21ClN2O2S/c1-32-24-22(17-28)21(20-14-8-9-15-23(20)27)16-26(29-24,19-12-6-3-7-13-19)31-25(30)18-10-4-2-5-11-18/h2-15,21,29H,16H2,1H3. The van der Waals surface area contributed by atoms with E-state index in [1.165, 1.54) is 11.8 Å². The number of halogens is 1. The van der Waals surface area contributed by atoms with Gasteiger partial charge in [-0.05, 0) is 30.0 Å². The highest BCUT2D eigenvalue weighted by atomic mass is 35.5. The second-order valence-electron chi connectivity index (χ2n) is 7.41. The summed E-state index contributed by atoms with van der Waals surface area (Å²) in [5.41, 5.74) is 1.49. The van der Waals surface area contributed by atoms with Crippen LogP contribution in [0.3, 0.4) is 0 Å². The molecule has 3 aromatic rings. The Bertz CT molecular complexity index is 1190.